The summed E-state index contributed by atoms with van der Waals surface area (Å²) >= 11 is 1.80. The first-order valence-corrected chi connectivity index (χ1v) is 8.31. The maximum Gasteiger partial charge on any atom is 0.175 e. The van der Waals surface area contributed by atoms with Crippen molar-refractivity contribution >= 4 is 27.3 Å². The molecule has 1 aromatic carbocycles. The number of hydrogen-bond donors (Lipinski definition) is 1. The molecule has 1 N–H and O–H groups in total. The molecular weight excluding hydrogens is 254 g/mol. The first kappa shape index (κ1) is 14.1. The number of thioether (sulfide) groups is 1. The van der Waals surface area contributed by atoms with E-state index in [9.17, 15) is 8.42 Å². The SMILES string of the molecule is C=CCSCCNc1ccc(S(C)(=O)=O)cc1. The number of anilines is 1. The maximum atomic E-state index is 11.2. The Morgan fingerprint density at radius 1 is 1.35 bits per heavy atom. The average molecular weight is 271 g/mol. The van der Waals surface area contributed by atoms with Crippen molar-refractivity contribution in [3.05, 3.63) is 36.9 Å². The summed E-state index contributed by atoms with van der Waals surface area (Å²) in [5.41, 5.74) is 0.941. The van der Waals surface area contributed by atoms with Crippen LogP contribution in [0.4, 0.5) is 5.69 Å². The number of benzene rings is 1. The minimum Gasteiger partial charge on any atom is -0.384 e. The van der Waals surface area contributed by atoms with E-state index in [0.29, 0.717) is 4.90 Å². The van der Waals surface area contributed by atoms with Crippen LogP contribution in [0.25, 0.3) is 0 Å². The molecule has 0 aromatic heterocycles. The van der Waals surface area contributed by atoms with Gasteiger partial charge in [-0.15, -0.1) is 6.58 Å². The van der Waals surface area contributed by atoms with Crippen molar-refractivity contribution in [2.75, 3.05) is 29.6 Å². The van der Waals surface area contributed by atoms with Crippen LogP contribution in [0.1, 0.15) is 0 Å². The van der Waals surface area contributed by atoms with E-state index in [1.165, 1.54) is 6.26 Å². The lowest BCUT2D eigenvalue weighted by atomic mass is 10.3. The van der Waals surface area contributed by atoms with Crippen LogP contribution in [0, 0.1) is 0 Å². The summed E-state index contributed by atoms with van der Waals surface area (Å²) < 4.78 is 22.5. The molecule has 0 spiro atoms. The number of nitrogens with one attached hydrogen (secondary N) is 1. The molecule has 0 bridgehead atoms. The molecule has 0 aliphatic rings. The second kappa shape index (κ2) is 6.71. The normalized spacial score (nSPS) is 11.1. The molecule has 0 heterocycles. The quantitative estimate of drug-likeness (QED) is 0.611. The van der Waals surface area contributed by atoms with Gasteiger partial charge in [0.25, 0.3) is 0 Å². The van der Waals surface area contributed by atoms with E-state index in [4.69, 9.17) is 0 Å². The standard InChI is InChI=1S/C12H17NO2S2/c1-3-9-16-10-8-13-11-4-6-12(7-5-11)17(2,14)15/h3-7,13H,1,8-10H2,2H3. The van der Waals surface area contributed by atoms with Gasteiger partial charge in [0.15, 0.2) is 9.84 Å². The van der Waals surface area contributed by atoms with Crippen molar-refractivity contribution in [2.24, 2.45) is 0 Å². The third-order valence-corrected chi connectivity index (χ3v) is 4.19. The van der Waals surface area contributed by atoms with Crippen LogP contribution in [-0.4, -0.2) is 32.7 Å². The number of rotatable bonds is 7. The van der Waals surface area contributed by atoms with Gasteiger partial charge in [0.1, 0.15) is 0 Å². The average Bonchev–Trinajstić information content (AvgIpc) is 2.28. The molecular formula is C12H17NO2S2. The lowest BCUT2D eigenvalue weighted by Gasteiger charge is -2.06. The highest BCUT2D eigenvalue weighted by atomic mass is 32.2. The molecule has 1 rings (SSSR count). The molecule has 0 aliphatic carbocycles. The van der Waals surface area contributed by atoms with Crippen molar-refractivity contribution in [3.63, 3.8) is 0 Å². The van der Waals surface area contributed by atoms with Crippen LogP contribution in [0.2, 0.25) is 0 Å². The Morgan fingerprint density at radius 3 is 2.53 bits per heavy atom. The van der Waals surface area contributed by atoms with Crippen molar-refractivity contribution in [2.45, 2.75) is 4.90 Å². The van der Waals surface area contributed by atoms with Gasteiger partial charge >= 0.3 is 0 Å². The lowest BCUT2D eigenvalue weighted by Crippen LogP contribution is -2.04. The third kappa shape index (κ3) is 5.28. The van der Waals surface area contributed by atoms with Gasteiger partial charge in [-0.25, -0.2) is 8.42 Å². The largest absolute Gasteiger partial charge is 0.384 e. The zero-order chi connectivity index (χ0) is 12.7. The Labute approximate surface area is 107 Å². The highest BCUT2D eigenvalue weighted by Crippen LogP contribution is 2.13. The summed E-state index contributed by atoms with van der Waals surface area (Å²) in [5.74, 6) is 1.95. The minimum absolute atomic E-state index is 0.351. The first-order valence-electron chi connectivity index (χ1n) is 5.26. The van der Waals surface area contributed by atoms with Gasteiger partial charge in [0, 0.05) is 30.0 Å². The topological polar surface area (TPSA) is 46.2 Å². The minimum atomic E-state index is -3.10. The molecule has 0 saturated heterocycles. The highest BCUT2D eigenvalue weighted by molar-refractivity contribution is 7.99. The fourth-order valence-electron chi connectivity index (χ4n) is 1.25. The fourth-order valence-corrected chi connectivity index (χ4v) is 2.46. The molecule has 0 atom stereocenters. The Morgan fingerprint density at radius 2 is 2.00 bits per heavy atom. The van der Waals surface area contributed by atoms with E-state index in [1.807, 2.05) is 6.08 Å². The molecule has 17 heavy (non-hydrogen) atoms. The second-order valence-corrected chi connectivity index (χ2v) is 6.75. The molecule has 5 heteroatoms. The summed E-state index contributed by atoms with van der Waals surface area (Å²) in [6.45, 7) is 4.51. The monoisotopic (exact) mass is 271 g/mol. The van der Waals surface area contributed by atoms with Crippen LogP contribution >= 0.6 is 11.8 Å². The van der Waals surface area contributed by atoms with Gasteiger partial charge < -0.3 is 5.32 Å². The molecule has 1 aromatic rings. The van der Waals surface area contributed by atoms with Gasteiger partial charge in [-0.2, -0.15) is 11.8 Å². The molecule has 0 saturated carbocycles. The summed E-state index contributed by atoms with van der Waals surface area (Å²) in [5, 5.41) is 3.23. The van der Waals surface area contributed by atoms with E-state index in [-0.39, 0.29) is 0 Å². The maximum absolute atomic E-state index is 11.2. The molecule has 0 amide bonds. The summed E-state index contributed by atoms with van der Waals surface area (Å²) in [6.07, 6.45) is 3.09. The van der Waals surface area contributed by atoms with Crippen LogP contribution in [-0.2, 0) is 9.84 Å². The van der Waals surface area contributed by atoms with Crippen molar-refractivity contribution < 1.29 is 8.42 Å². The Kier molecular flexibility index (Phi) is 5.58. The lowest BCUT2D eigenvalue weighted by molar-refractivity contribution is 0.602. The Bertz CT molecular complexity index is 452. The molecule has 0 fully saturated rings. The van der Waals surface area contributed by atoms with Gasteiger partial charge in [0.05, 0.1) is 4.90 Å². The molecule has 94 valence electrons. The predicted molar refractivity (Wildman–Crippen MR) is 75.6 cm³/mol. The van der Waals surface area contributed by atoms with E-state index in [1.54, 1.807) is 36.0 Å². The zero-order valence-electron chi connectivity index (χ0n) is 9.85. The van der Waals surface area contributed by atoms with Crippen LogP contribution in [0.3, 0.4) is 0 Å². The molecule has 3 nitrogen and oxygen atoms in total. The zero-order valence-corrected chi connectivity index (χ0v) is 11.5. The molecule has 0 aliphatic heterocycles. The van der Waals surface area contributed by atoms with Crippen LogP contribution in [0.15, 0.2) is 41.8 Å². The highest BCUT2D eigenvalue weighted by Gasteiger charge is 2.05. The molecule has 0 radical (unpaired) electrons. The van der Waals surface area contributed by atoms with Gasteiger partial charge in [0.2, 0.25) is 0 Å². The fraction of sp³-hybridized carbons (Fsp3) is 0.333. The Hall–Kier alpha value is -0.940. The van der Waals surface area contributed by atoms with Crippen LogP contribution in [0.5, 0.6) is 0 Å². The van der Waals surface area contributed by atoms with Crippen molar-refractivity contribution in [3.8, 4) is 0 Å². The Balaban J connectivity index is 2.44. The van der Waals surface area contributed by atoms with Crippen LogP contribution < -0.4 is 5.32 Å². The van der Waals surface area contributed by atoms with Gasteiger partial charge in [-0.3, -0.25) is 0 Å². The van der Waals surface area contributed by atoms with Gasteiger partial charge in [-0.05, 0) is 24.3 Å². The van der Waals surface area contributed by atoms with E-state index >= 15 is 0 Å². The first-order chi connectivity index (χ1) is 8.04. The van der Waals surface area contributed by atoms with E-state index in [0.717, 1.165) is 23.7 Å². The number of sulfone groups is 1. The summed E-state index contributed by atoms with van der Waals surface area (Å²) in [7, 11) is -3.10. The summed E-state index contributed by atoms with van der Waals surface area (Å²) in [6, 6.07) is 6.81. The third-order valence-electron chi connectivity index (χ3n) is 2.09. The summed E-state index contributed by atoms with van der Waals surface area (Å²) in [4.78, 5) is 0.351. The van der Waals surface area contributed by atoms with Gasteiger partial charge in [-0.1, -0.05) is 6.08 Å². The predicted octanol–water partition coefficient (Wildman–Crippen LogP) is 2.42. The second-order valence-electron chi connectivity index (χ2n) is 3.59. The number of hydrogen-bond acceptors (Lipinski definition) is 4. The van der Waals surface area contributed by atoms with Crippen molar-refractivity contribution in [1.82, 2.24) is 0 Å². The van der Waals surface area contributed by atoms with E-state index in [2.05, 4.69) is 11.9 Å². The van der Waals surface area contributed by atoms with E-state index < -0.39 is 9.84 Å². The molecule has 0 unspecified atom stereocenters. The van der Waals surface area contributed by atoms with Crippen molar-refractivity contribution in [1.29, 1.82) is 0 Å². The smallest absolute Gasteiger partial charge is 0.175 e.